The molecule has 0 atom stereocenters. The number of aromatic nitrogens is 2. The predicted octanol–water partition coefficient (Wildman–Crippen LogP) is 2.18. The van der Waals surface area contributed by atoms with Gasteiger partial charge in [-0.15, -0.1) is 0 Å². The molecule has 1 aromatic rings. The lowest BCUT2D eigenvalue weighted by molar-refractivity contribution is 0.0121. The van der Waals surface area contributed by atoms with E-state index < -0.39 is 0 Å². The van der Waals surface area contributed by atoms with Crippen molar-refractivity contribution in [2.24, 2.45) is 0 Å². The minimum Gasteiger partial charge on any atom is -0.371 e. The molecule has 1 heterocycles. The summed E-state index contributed by atoms with van der Waals surface area (Å²) in [4.78, 5) is 7.62. The fourth-order valence-electron chi connectivity index (χ4n) is 1.21. The zero-order valence-electron chi connectivity index (χ0n) is 11.1. The monoisotopic (exact) mass is 225 g/mol. The average Bonchev–Trinajstić information content (AvgIpc) is 2.62. The Hall–Kier alpha value is -0.870. The van der Waals surface area contributed by atoms with E-state index in [1.807, 2.05) is 20.0 Å². The van der Waals surface area contributed by atoms with Gasteiger partial charge in [0, 0.05) is 31.1 Å². The van der Waals surface area contributed by atoms with Crippen molar-refractivity contribution in [2.75, 3.05) is 7.11 Å². The highest BCUT2D eigenvalue weighted by molar-refractivity contribution is 5.07. The Kier molecular flexibility index (Phi) is 3.76. The van der Waals surface area contributed by atoms with Crippen LogP contribution in [-0.2, 0) is 16.9 Å². The summed E-state index contributed by atoms with van der Waals surface area (Å²) in [6.45, 7) is 11.2. The molecule has 4 nitrogen and oxygen atoms in total. The molecule has 0 aromatic carbocycles. The third-order valence-electron chi connectivity index (χ3n) is 2.52. The van der Waals surface area contributed by atoms with Crippen LogP contribution in [0.25, 0.3) is 0 Å². The molecule has 0 amide bonds. The van der Waals surface area contributed by atoms with Crippen LogP contribution in [-0.4, -0.2) is 22.6 Å². The van der Waals surface area contributed by atoms with Crippen LogP contribution < -0.4 is 5.32 Å². The van der Waals surface area contributed by atoms with Crippen LogP contribution in [0.2, 0.25) is 0 Å². The van der Waals surface area contributed by atoms with Gasteiger partial charge in [0.1, 0.15) is 11.4 Å². The lowest BCUT2D eigenvalue weighted by Crippen LogP contribution is -2.35. The van der Waals surface area contributed by atoms with Gasteiger partial charge in [0.25, 0.3) is 0 Å². The molecule has 0 aliphatic heterocycles. The third-order valence-corrected chi connectivity index (χ3v) is 2.52. The fraction of sp³-hybridized carbons (Fsp3) is 0.750. The molecular formula is C12H23N3O. The van der Waals surface area contributed by atoms with Crippen LogP contribution in [0.5, 0.6) is 0 Å². The molecule has 0 radical (unpaired) electrons. The Morgan fingerprint density at radius 3 is 2.44 bits per heavy atom. The van der Waals surface area contributed by atoms with Gasteiger partial charge in [-0.2, -0.15) is 0 Å². The topological polar surface area (TPSA) is 49.9 Å². The smallest absolute Gasteiger partial charge is 0.138 e. The minimum atomic E-state index is -0.361. The molecule has 2 N–H and O–H groups in total. The maximum absolute atomic E-state index is 5.37. The van der Waals surface area contributed by atoms with Crippen molar-refractivity contribution in [3.05, 3.63) is 17.7 Å². The SMILES string of the molecule is COC(C)(C)c1ncc(CNC(C)(C)C)[nH]1. The lowest BCUT2D eigenvalue weighted by atomic mass is 10.1. The number of nitrogens with zero attached hydrogens (tertiary/aromatic N) is 1. The molecule has 0 saturated carbocycles. The third kappa shape index (κ3) is 3.61. The second-order valence-corrected chi connectivity index (χ2v) is 5.58. The number of hydrogen-bond acceptors (Lipinski definition) is 3. The van der Waals surface area contributed by atoms with Crippen molar-refractivity contribution in [3.63, 3.8) is 0 Å². The average molecular weight is 225 g/mol. The van der Waals surface area contributed by atoms with Crippen molar-refractivity contribution in [1.82, 2.24) is 15.3 Å². The summed E-state index contributed by atoms with van der Waals surface area (Å²) in [6, 6.07) is 0. The number of nitrogens with one attached hydrogen (secondary N) is 2. The summed E-state index contributed by atoms with van der Waals surface area (Å²) in [5, 5.41) is 3.41. The standard InChI is InChI=1S/C12H23N3O/c1-11(2,3)14-8-9-7-13-10(15-9)12(4,5)16-6/h7,14H,8H2,1-6H3,(H,13,15). The quantitative estimate of drug-likeness (QED) is 0.825. The van der Waals surface area contributed by atoms with E-state index in [1.165, 1.54) is 0 Å². The zero-order chi connectivity index (χ0) is 12.4. The van der Waals surface area contributed by atoms with Gasteiger partial charge in [0.15, 0.2) is 0 Å². The van der Waals surface area contributed by atoms with Crippen molar-refractivity contribution < 1.29 is 4.74 Å². The second kappa shape index (κ2) is 4.55. The van der Waals surface area contributed by atoms with Crippen LogP contribution in [0.4, 0.5) is 0 Å². The van der Waals surface area contributed by atoms with Gasteiger partial charge in [0.2, 0.25) is 0 Å². The number of imidazole rings is 1. The highest BCUT2D eigenvalue weighted by Gasteiger charge is 2.23. The molecule has 0 bridgehead atoms. The molecule has 0 fully saturated rings. The van der Waals surface area contributed by atoms with E-state index in [0.29, 0.717) is 0 Å². The van der Waals surface area contributed by atoms with E-state index in [0.717, 1.165) is 18.1 Å². The molecule has 16 heavy (non-hydrogen) atoms. The molecule has 1 rings (SSSR count). The number of H-pyrrole nitrogens is 1. The molecule has 0 unspecified atom stereocenters. The van der Waals surface area contributed by atoms with Crippen LogP contribution in [0, 0.1) is 0 Å². The first kappa shape index (κ1) is 13.2. The molecule has 0 aliphatic rings. The van der Waals surface area contributed by atoms with Crippen molar-refractivity contribution in [2.45, 2.75) is 52.3 Å². The van der Waals surface area contributed by atoms with Gasteiger partial charge in [-0.1, -0.05) is 0 Å². The number of ether oxygens (including phenoxy) is 1. The molecule has 4 heteroatoms. The van der Waals surface area contributed by atoms with Gasteiger partial charge < -0.3 is 15.0 Å². The Bertz CT molecular complexity index is 336. The molecule has 0 saturated heterocycles. The van der Waals surface area contributed by atoms with E-state index in [2.05, 4.69) is 36.1 Å². The predicted molar refractivity (Wildman–Crippen MR) is 65.2 cm³/mol. The number of methoxy groups -OCH3 is 1. The van der Waals surface area contributed by atoms with Crippen molar-refractivity contribution in [3.8, 4) is 0 Å². The summed E-state index contributed by atoms with van der Waals surface area (Å²) >= 11 is 0. The van der Waals surface area contributed by atoms with Crippen LogP contribution in [0.3, 0.4) is 0 Å². The van der Waals surface area contributed by atoms with Crippen molar-refractivity contribution >= 4 is 0 Å². The summed E-state index contributed by atoms with van der Waals surface area (Å²) < 4.78 is 5.37. The Morgan fingerprint density at radius 1 is 1.31 bits per heavy atom. The number of aromatic amines is 1. The van der Waals surface area contributed by atoms with E-state index in [9.17, 15) is 0 Å². The highest BCUT2D eigenvalue weighted by atomic mass is 16.5. The Morgan fingerprint density at radius 2 is 1.94 bits per heavy atom. The minimum absolute atomic E-state index is 0.113. The van der Waals surface area contributed by atoms with Crippen LogP contribution >= 0.6 is 0 Å². The maximum atomic E-state index is 5.37. The van der Waals surface area contributed by atoms with Gasteiger partial charge in [-0.25, -0.2) is 4.98 Å². The second-order valence-electron chi connectivity index (χ2n) is 5.58. The Balaban J connectivity index is 2.66. The van der Waals surface area contributed by atoms with Gasteiger partial charge in [-0.3, -0.25) is 0 Å². The number of hydrogen-bond donors (Lipinski definition) is 2. The largest absolute Gasteiger partial charge is 0.371 e. The van der Waals surface area contributed by atoms with Crippen molar-refractivity contribution in [1.29, 1.82) is 0 Å². The van der Waals surface area contributed by atoms with Crippen LogP contribution in [0.15, 0.2) is 6.20 Å². The number of rotatable bonds is 4. The molecule has 92 valence electrons. The molecule has 1 aromatic heterocycles. The van der Waals surface area contributed by atoms with E-state index in [4.69, 9.17) is 4.74 Å². The summed E-state index contributed by atoms with van der Waals surface area (Å²) in [5.74, 6) is 0.862. The normalized spacial score (nSPS) is 13.1. The summed E-state index contributed by atoms with van der Waals surface area (Å²) in [5.41, 5.74) is 0.831. The van der Waals surface area contributed by atoms with Gasteiger partial charge in [0.05, 0.1) is 0 Å². The van der Waals surface area contributed by atoms with E-state index in [-0.39, 0.29) is 11.1 Å². The molecule has 0 aliphatic carbocycles. The first-order valence-electron chi connectivity index (χ1n) is 5.59. The van der Waals surface area contributed by atoms with E-state index >= 15 is 0 Å². The first-order valence-corrected chi connectivity index (χ1v) is 5.59. The van der Waals surface area contributed by atoms with Gasteiger partial charge in [-0.05, 0) is 34.6 Å². The first-order chi connectivity index (χ1) is 7.24. The van der Waals surface area contributed by atoms with E-state index in [1.54, 1.807) is 7.11 Å². The lowest BCUT2D eigenvalue weighted by Gasteiger charge is -2.21. The zero-order valence-corrected chi connectivity index (χ0v) is 11.1. The summed E-state index contributed by atoms with van der Waals surface area (Å²) in [7, 11) is 1.69. The maximum Gasteiger partial charge on any atom is 0.138 e. The summed E-state index contributed by atoms with van der Waals surface area (Å²) in [6.07, 6.45) is 1.86. The highest BCUT2D eigenvalue weighted by Crippen LogP contribution is 2.20. The van der Waals surface area contributed by atoms with Gasteiger partial charge >= 0.3 is 0 Å². The molecular weight excluding hydrogens is 202 g/mol. The fourth-order valence-corrected chi connectivity index (χ4v) is 1.21. The van der Waals surface area contributed by atoms with Crippen LogP contribution in [0.1, 0.15) is 46.1 Å². The Labute approximate surface area is 97.8 Å². The molecule has 0 spiro atoms.